The molecule has 5 nitrogen and oxygen atoms in total. The first-order valence-corrected chi connectivity index (χ1v) is 6.54. The standard InChI is InChI=1S/C12H19N3O2S/c1-8(15-6-5-13)18-11-7-9(12(16)17-2)3-4-10(11)14/h3-4,7-8,15H,5-6,13-14H2,1-2H3. The molecule has 0 aliphatic heterocycles. The van der Waals surface area contributed by atoms with Gasteiger partial charge in [-0.05, 0) is 25.1 Å². The molecule has 0 aliphatic carbocycles. The third-order valence-electron chi connectivity index (χ3n) is 2.31. The second-order valence-corrected chi connectivity index (χ2v) is 5.13. The molecule has 0 heterocycles. The molecule has 1 rings (SSSR count). The zero-order valence-corrected chi connectivity index (χ0v) is 11.4. The molecule has 1 unspecified atom stereocenters. The maximum atomic E-state index is 11.4. The summed E-state index contributed by atoms with van der Waals surface area (Å²) in [7, 11) is 1.36. The van der Waals surface area contributed by atoms with Gasteiger partial charge in [0.1, 0.15) is 0 Å². The van der Waals surface area contributed by atoms with Crippen molar-refractivity contribution in [1.29, 1.82) is 0 Å². The zero-order valence-electron chi connectivity index (χ0n) is 10.6. The highest BCUT2D eigenvalue weighted by Gasteiger charge is 2.11. The van der Waals surface area contributed by atoms with Gasteiger partial charge in [-0.25, -0.2) is 4.79 Å². The van der Waals surface area contributed by atoms with Crippen LogP contribution in [0.3, 0.4) is 0 Å². The number of carbonyl (C=O) groups excluding carboxylic acids is 1. The number of rotatable bonds is 6. The number of nitrogens with one attached hydrogen (secondary N) is 1. The quantitative estimate of drug-likeness (QED) is 0.309. The molecule has 100 valence electrons. The van der Waals surface area contributed by atoms with Gasteiger partial charge in [-0.2, -0.15) is 0 Å². The van der Waals surface area contributed by atoms with Crippen molar-refractivity contribution in [3.63, 3.8) is 0 Å². The summed E-state index contributed by atoms with van der Waals surface area (Å²) in [5.74, 6) is -0.362. The highest BCUT2D eigenvalue weighted by Crippen LogP contribution is 2.28. The molecular weight excluding hydrogens is 250 g/mol. The number of benzene rings is 1. The Bertz CT molecular complexity index is 412. The van der Waals surface area contributed by atoms with Gasteiger partial charge in [-0.15, -0.1) is 11.8 Å². The van der Waals surface area contributed by atoms with Crippen LogP contribution in [0.4, 0.5) is 5.69 Å². The smallest absolute Gasteiger partial charge is 0.337 e. The van der Waals surface area contributed by atoms with Crippen LogP contribution < -0.4 is 16.8 Å². The number of hydrogen-bond donors (Lipinski definition) is 3. The predicted octanol–water partition coefficient (Wildman–Crippen LogP) is 1.04. The van der Waals surface area contributed by atoms with Crippen LogP contribution in [0.1, 0.15) is 17.3 Å². The lowest BCUT2D eigenvalue weighted by molar-refractivity contribution is 0.0600. The van der Waals surface area contributed by atoms with Gasteiger partial charge in [0.25, 0.3) is 0 Å². The zero-order chi connectivity index (χ0) is 13.5. The molecule has 0 spiro atoms. The van der Waals surface area contributed by atoms with Gasteiger partial charge in [0.05, 0.1) is 18.0 Å². The van der Waals surface area contributed by atoms with Crippen molar-refractivity contribution < 1.29 is 9.53 Å². The minimum Gasteiger partial charge on any atom is -0.465 e. The SMILES string of the molecule is COC(=O)c1ccc(N)c(SC(C)NCCN)c1. The van der Waals surface area contributed by atoms with E-state index in [4.69, 9.17) is 11.5 Å². The van der Waals surface area contributed by atoms with Crippen LogP contribution in [0.5, 0.6) is 0 Å². The van der Waals surface area contributed by atoms with Gasteiger partial charge in [0, 0.05) is 23.7 Å². The van der Waals surface area contributed by atoms with Gasteiger partial charge < -0.3 is 21.5 Å². The van der Waals surface area contributed by atoms with Crippen LogP contribution in [0.2, 0.25) is 0 Å². The molecule has 1 aromatic rings. The van der Waals surface area contributed by atoms with Gasteiger partial charge in [-0.1, -0.05) is 0 Å². The second-order valence-electron chi connectivity index (χ2n) is 3.75. The van der Waals surface area contributed by atoms with Gasteiger partial charge in [0.2, 0.25) is 0 Å². The molecule has 0 saturated carbocycles. The van der Waals surface area contributed by atoms with E-state index in [0.717, 1.165) is 11.4 Å². The summed E-state index contributed by atoms with van der Waals surface area (Å²) < 4.78 is 4.68. The van der Waals surface area contributed by atoms with Crippen LogP contribution in [-0.4, -0.2) is 31.5 Å². The number of nitrogen functional groups attached to an aromatic ring is 1. The summed E-state index contributed by atoms with van der Waals surface area (Å²) in [6, 6.07) is 5.11. The minimum absolute atomic E-state index is 0.170. The first kappa shape index (κ1) is 14.8. The lowest BCUT2D eigenvalue weighted by Gasteiger charge is -2.14. The summed E-state index contributed by atoms with van der Waals surface area (Å²) >= 11 is 1.55. The predicted molar refractivity (Wildman–Crippen MR) is 74.6 cm³/mol. The van der Waals surface area contributed by atoms with E-state index >= 15 is 0 Å². The fraction of sp³-hybridized carbons (Fsp3) is 0.417. The van der Waals surface area contributed by atoms with Crippen molar-refractivity contribution in [1.82, 2.24) is 5.32 Å². The molecule has 0 bridgehead atoms. The summed E-state index contributed by atoms with van der Waals surface area (Å²) in [6.45, 7) is 3.35. The Hall–Kier alpha value is -1.24. The Balaban J connectivity index is 2.77. The van der Waals surface area contributed by atoms with Crippen LogP contribution in [-0.2, 0) is 4.74 Å². The Labute approximate surface area is 111 Å². The highest BCUT2D eigenvalue weighted by molar-refractivity contribution is 8.00. The monoisotopic (exact) mass is 269 g/mol. The third-order valence-corrected chi connectivity index (χ3v) is 3.44. The largest absolute Gasteiger partial charge is 0.465 e. The first-order valence-electron chi connectivity index (χ1n) is 5.66. The van der Waals surface area contributed by atoms with Gasteiger partial charge in [0.15, 0.2) is 0 Å². The molecule has 5 N–H and O–H groups in total. The Morgan fingerprint density at radius 1 is 1.56 bits per heavy atom. The highest BCUT2D eigenvalue weighted by atomic mass is 32.2. The van der Waals surface area contributed by atoms with Crippen LogP contribution >= 0.6 is 11.8 Å². The molecule has 1 aromatic carbocycles. The number of ether oxygens (including phenoxy) is 1. The van der Waals surface area contributed by atoms with Crippen LogP contribution in [0.15, 0.2) is 23.1 Å². The van der Waals surface area contributed by atoms with E-state index in [0.29, 0.717) is 17.8 Å². The van der Waals surface area contributed by atoms with E-state index in [1.54, 1.807) is 30.0 Å². The molecule has 0 saturated heterocycles. The second kappa shape index (κ2) is 7.25. The maximum absolute atomic E-state index is 11.4. The van der Waals surface area contributed by atoms with Crippen molar-refractivity contribution in [3.05, 3.63) is 23.8 Å². The summed E-state index contributed by atoms with van der Waals surface area (Å²) in [4.78, 5) is 12.3. The molecule has 6 heteroatoms. The summed E-state index contributed by atoms with van der Waals surface area (Å²) in [6.07, 6.45) is 0. The normalized spacial score (nSPS) is 12.2. The topological polar surface area (TPSA) is 90.4 Å². The number of methoxy groups -OCH3 is 1. The van der Waals surface area contributed by atoms with E-state index in [2.05, 4.69) is 10.1 Å². The van der Waals surface area contributed by atoms with Gasteiger partial charge >= 0.3 is 5.97 Å². The van der Waals surface area contributed by atoms with Crippen molar-refractivity contribution in [2.45, 2.75) is 17.2 Å². The summed E-state index contributed by atoms with van der Waals surface area (Å²) in [5.41, 5.74) is 12.5. The molecule has 0 radical (unpaired) electrons. The first-order chi connectivity index (χ1) is 8.58. The Kier molecular flexibility index (Phi) is 5.97. The van der Waals surface area contributed by atoms with Gasteiger partial charge in [-0.3, -0.25) is 0 Å². The minimum atomic E-state index is -0.362. The average Bonchev–Trinajstić information content (AvgIpc) is 2.38. The third kappa shape index (κ3) is 4.21. The lowest BCUT2D eigenvalue weighted by atomic mass is 10.2. The molecule has 1 atom stereocenters. The summed E-state index contributed by atoms with van der Waals surface area (Å²) in [5, 5.41) is 3.41. The Morgan fingerprint density at radius 2 is 2.28 bits per heavy atom. The lowest BCUT2D eigenvalue weighted by Crippen LogP contribution is -2.28. The number of anilines is 1. The van der Waals surface area contributed by atoms with Crippen molar-refractivity contribution in [2.24, 2.45) is 5.73 Å². The number of nitrogens with two attached hydrogens (primary N) is 2. The molecular formula is C12H19N3O2S. The molecule has 18 heavy (non-hydrogen) atoms. The van der Waals surface area contributed by atoms with E-state index < -0.39 is 0 Å². The molecule has 0 amide bonds. The number of carbonyl (C=O) groups is 1. The van der Waals surface area contributed by atoms with E-state index in [9.17, 15) is 4.79 Å². The van der Waals surface area contributed by atoms with Crippen molar-refractivity contribution >= 4 is 23.4 Å². The maximum Gasteiger partial charge on any atom is 0.337 e. The number of esters is 1. The molecule has 0 fully saturated rings. The van der Waals surface area contributed by atoms with Crippen molar-refractivity contribution in [2.75, 3.05) is 25.9 Å². The van der Waals surface area contributed by atoms with E-state index in [1.807, 2.05) is 6.92 Å². The van der Waals surface area contributed by atoms with E-state index in [-0.39, 0.29) is 11.3 Å². The van der Waals surface area contributed by atoms with Crippen molar-refractivity contribution in [3.8, 4) is 0 Å². The Morgan fingerprint density at radius 3 is 2.89 bits per heavy atom. The fourth-order valence-electron chi connectivity index (χ4n) is 1.40. The van der Waals surface area contributed by atoms with Crippen LogP contribution in [0, 0.1) is 0 Å². The molecule has 0 aromatic heterocycles. The van der Waals surface area contributed by atoms with Crippen LogP contribution in [0.25, 0.3) is 0 Å². The van der Waals surface area contributed by atoms with E-state index in [1.165, 1.54) is 7.11 Å². The number of hydrogen-bond acceptors (Lipinski definition) is 6. The number of thioether (sulfide) groups is 1. The molecule has 0 aliphatic rings. The average molecular weight is 269 g/mol. The fourth-order valence-corrected chi connectivity index (χ4v) is 2.38.